The molecular weight excluding hydrogens is 318 g/mol. The van der Waals surface area contributed by atoms with E-state index in [9.17, 15) is 9.59 Å². The summed E-state index contributed by atoms with van der Waals surface area (Å²) in [6, 6.07) is 2.64. The molecule has 21 heavy (non-hydrogen) atoms. The highest BCUT2D eigenvalue weighted by Crippen LogP contribution is 2.31. The first-order chi connectivity index (χ1) is 9.99. The van der Waals surface area contributed by atoms with E-state index in [-0.39, 0.29) is 28.0 Å². The highest BCUT2D eigenvalue weighted by molar-refractivity contribution is 7.99. The van der Waals surface area contributed by atoms with Gasteiger partial charge in [-0.05, 0) is 6.07 Å². The van der Waals surface area contributed by atoms with E-state index in [1.807, 2.05) is 0 Å². The number of aromatic carboxylic acids is 1. The number of halogens is 1. The van der Waals surface area contributed by atoms with Crippen molar-refractivity contribution in [2.75, 3.05) is 37.6 Å². The third-order valence-corrected chi connectivity index (χ3v) is 3.69. The van der Waals surface area contributed by atoms with Gasteiger partial charge in [0.1, 0.15) is 11.3 Å². The van der Waals surface area contributed by atoms with E-state index >= 15 is 0 Å². The van der Waals surface area contributed by atoms with Crippen molar-refractivity contribution in [3.8, 4) is 5.75 Å². The smallest absolute Gasteiger partial charge is 0.339 e. The van der Waals surface area contributed by atoms with Gasteiger partial charge in [-0.25, -0.2) is 4.79 Å². The fraction of sp³-hybridized carbons (Fsp3) is 0.385. The molecule has 0 aliphatic carbocycles. The lowest BCUT2D eigenvalue weighted by Gasteiger charge is -2.11. The van der Waals surface area contributed by atoms with E-state index < -0.39 is 5.97 Å². The summed E-state index contributed by atoms with van der Waals surface area (Å²) < 4.78 is 9.87. The van der Waals surface area contributed by atoms with Crippen molar-refractivity contribution in [2.45, 2.75) is 0 Å². The number of hydrogen-bond acceptors (Lipinski definition) is 5. The van der Waals surface area contributed by atoms with Crippen LogP contribution in [0.2, 0.25) is 5.02 Å². The molecule has 1 aromatic carbocycles. The second-order valence-corrected chi connectivity index (χ2v) is 5.44. The molecule has 0 atom stereocenters. The normalized spacial score (nSPS) is 10.2. The molecule has 0 aromatic heterocycles. The van der Waals surface area contributed by atoms with Crippen LogP contribution in [0.25, 0.3) is 0 Å². The SMILES string of the molecule is COCCSCC(=O)Nc1cc(OC)c(C(=O)O)cc1Cl. The molecule has 0 saturated carbocycles. The van der Waals surface area contributed by atoms with Crippen molar-refractivity contribution < 1.29 is 24.2 Å². The van der Waals surface area contributed by atoms with Crippen LogP contribution in [0, 0.1) is 0 Å². The third kappa shape index (κ3) is 5.45. The molecule has 8 heteroatoms. The molecule has 0 aliphatic heterocycles. The van der Waals surface area contributed by atoms with Crippen LogP contribution in [0.1, 0.15) is 10.4 Å². The van der Waals surface area contributed by atoms with Gasteiger partial charge >= 0.3 is 5.97 Å². The van der Waals surface area contributed by atoms with Gasteiger partial charge in [0.2, 0.25) is 5.91 Å². The van der Waals surface area contributed by atoms with Gasteiger partial charge in [0.05, 0.1) is 30.2 Å². The molecule has 0 bridgehead atoms. The summed E-state index contributed by atoms with van der Waals surface area (Å²) in [4.78, 5) is 22.8. The van der Waals surface area contributed by atoms with Gasteiger partial charge in [-0.15, -0.1) is 11.8 Å². The molecule has 116 valence electrons. The molecular formula is C13H16ClNO5S. The summed E-state index contributed by atoms with van der Waals surface area (Å²) in [6.45, 7) is 0.569. The fourth-order valence-corrected chi connectivity index (χ4v) is 2.38. The lowest BCUT2D eigenvalue weighted by atomic mass is 10.2. The van der Waals surface area contributed by atoms with Gasteiger partial charge in [-0.1, -0.05) is 11.6 Å². The number of rotatable bonds is 8. The Morgan fingerprint density at radius 3 is 2.67 bits per heavy atom. The molecule has 0 saturated heterocycles. The maximum absolute atomic E-state index is 11.8. The number of carbonyl (C=O) groups is 2. The largest absolute Gasteiger partial charge is 0.496 e. The molecule has 0 spiro atoms. The van der Waals surface area contributed by atoms with E-state index in [1.165, 1.54) is 31.0 Å². The number of nitrogens with one attached hydrogen (secondary N) is 1. The number of carboxylic acids is 1. The Labute approximate surface area is 131 Å². The van der Waals surface area contributed by atoms with Crippen LogP contribution >= 0.6 is 23.4 Å². The molecule has 2 N–H and O–H groups in total. The first-order valence-electron chi connectivity index (χ1n) is 5.97. The van der Waals surface area contributed by atoms with Crippen molar-refractivity contribution >= 4 is 40.9 Å². The number of hydrogen-bond donors (Lipinski definition) is 2. The Morgan fingerprint density at radius 1 is 1.38 bits per heavy atom. The number of thioether (sulfide) groups is 1. The first-order valence-corrected chi connectivity index (χ1v) is 7.50. The molecule has 1 rings (SSSR count). The zero-order valence-corrected chi connectivity index (χ0v) is 13.2. The summed E-state index contributed by atoms with van der Waals surface area (Å²) in [7, 11) is 2.94. The Hall–Kier alpha value is -1.44. The molecule has 0 radical (unpaired) electrons. The summed E-state index contributed by atoms with van der Waals surface area (Å²) in [5.41, 5.74) is 0.255. The monoisotopic (exact) mass is 333 g/mol. The topological polar surface area (TPSA) is 84.9 Å². The lowest BCUT2D eigenvalue weighted by Crippen LogP contribution is -2.15. The van der Waals surface area contributed by atoms with Crippen molar-refractivity contribution in [3.63, 3.8) is 0 Å². The number of ether oxygens (including phenoxy) is 2. The number of amides is 1. The molecule has 1 aromatic rings. The highest BCUT2D eigenvalue weighted by Gasteiger charge is 2.16. The van der Waals surface area contributed by atoms with Crippen LogP contribution in [0.5, 0.6) is 5.75 Å². The molecule has 0 heterocycles. The van der Waals surface area contributed by atoms with Gasteiger partial charge in [0.15, 0.2) is 0 Å². The van der Waals surface area contributed by atoms with E-state index in [2.05, 4.69) is 5.32 Å². The number of carboxylic acid groups (broad SMARTS) is 1. The highest BCUT2D eigenvalue weighted by atomic mass is 35.5. The molecule has 6 nitrogen and oxygen atoms in total. The predicted molar refractivity (Wildman–Crippen MR) is 82.8 cm³/mol. The molecule has 0 unspecified atom stereocenters. The van der Waals surface area contributed by atoms with E-state index in [4.69, 9.17) is 26.2 Å². The van der Waals surface area contributed by atoms with Gasteiger partial charge in [0.25, 0.3) is 0 Å². The Bertz CT molecular complexity index is 524. The number of benzene rings is 1. The first kappa shape index (κ1) is 17.6. The van der Waals surface area contributed by atoms with E-state index in [0.29, 0.717) is 18.0 Å². The van der Waals surface area contributed by atoms with Gasteiger partial charge in [-0.2, -0.15) is 0 Å². The molecule has 1 amide bonds. The average molecular weight is 334 g/mol. The second-order valence-electron chi connectivity index (χ2n) is 3.93. The van der Waals surface area contributed by atoms with Crippen molar-refractivity contribution in [1.82, 2.24) is 0 Å². The lowest BCUT2D eigenvalue weighted by molar-refractivity contribution is -0.113. The Morgan fingerprint density at radius 2 is 2.10 bits per heavy atom. The second kappa shape index (κ2) is 8.76. The summed E-state index contributed by atoms with van der Waals surface area (Å²) in [5, 5.41) is 11.8. The Kier molecular flexibility index (Phi) is 7.35. The Balaban J connectivity index is 2.75. The van der Waals surface area contributed by atoms with E-state index in [1.54, 1.807) is 7.11 Å². The van der Waals surface area contributed by atoms with Gasteiger partial charge < -0.3 is 19.9 Å². The van der Waals surface area contributed by atoms with Crippen LogP contribution in [0.3, 0.4) is 0 Å². The maximum atomic E-state index is 11.8. The third-order valence-electron chi connectivity index (χ3n) is 2.46. The maximum Gasteiger partial charge on any atom is 0.339 e. The van der Waals surface area contributed by atoms with Gasteiger partial charge in [0, 0.05) is 18.9 Å². The minimum atomic E-state index is -1.15. The van der Waals surface area contributed by atoms with Crippen molar-refractivity contribution in [2.24, 2.45) is 0 Å². The van der Waals surface area contributed by atoms with Crippen molar-refractivity contribution in [1.29, 1.82) is 0 Å². The summed E-state index contributed by atoms with van der Waals surface area (Å²) >= 11 is 7.39. The van der Waals surface area contributed by atoms with Crippen LogP contribution < -0.4 is 10.1 Å². The quantitative estimate of drug-likeness (QED) is 0.710. The zero-order chi connectivity index (χ0) is 15.8. The molecule has 0 fully saturated rings. The number of carbonyl (C=O) groups excluding carboxylic acids is 1. The van der Waals surface area contributed by atoms with Crippen LogP contribution in [-0.4, -0.2) is 49.3 Å². The average Bonchev–Trinajstić information content (AvgIpc) is 2.45. The van der Waals surface area contributed by atoms with Crippen molar-refractivity contribution in [3.05, 3.63) is 22.7 Å². The number of methoxy groups -OCH3 is 2. The van der Waals surface area contributed by atoms with E-state index in [0.717, 1.165) is 0 Å². The standard InChI is InChI=1S/C13H16ClNO5S/c1-19-3-4-21-7-12(16)15-10-6-11(20-2)8(13(17)18)5-9(10)14/h5-6H,3-4,7H2,1-2H3,(H,15,16)(H,17,18). The predicted octanol–water partition coefficient (Wildman–Crippen LogP) is 2.36. The zero-order valence-electron chi connectivity index (χ0n) is 11.6. The number of anilines is 1. The van der Waals surface area contributed by atoms with Crippen LogP contribution in [0.4, 0.5) is 5.69 Å². The van der Waals surface area contributed by atoms with Crippen LogP contribution in [0.15, 0.2) is 12.1 Å². The minimum Gasteiger partial charge on any atom is -0.496 e. The minimum absolute atomic E-state index is 0.0602. The fourth-order valence-electron chi connectivity index (χ4n) is 1.48. The summed E-state index contributed by atoms with van der Waals surface area (Å²) in [6.07, 6.45) is 0. The molecule has 0 aliphatic rings. The summed E-state index contributed by atoms with van der Waals surface area (Å²) in [5.74, 6) is -0.291. The van der Waals surface area contributed by atoms with Crippen LogP contribution in [-0.2, 0) is 9.53 Å². The van der Waals surface area contributed by atoms with Gasteiger partial charge in [-0.3, -0.25) is 4.79 Å².